The van der Waals surface area contributed by atoms with E-state index in [1.165, 1.54) is 10.9 Å². The Morgan fingerprint density at radius 2 is 1.50 bits per heavy atom. The van der Waals surface area contributed by atoms with Gasteiger partial charge in [-0.25, -0.2) is 0 Å². The molecular weight excluding hydrogens is 430 g/mol. The van der Waals surface area contributed by atoms with Crippen LogP contribution in [0, 0.1) is 17.2 Å². The number of rotatable bonds is 3. The van der Waals surface area contributed by atoms with Gasteiger partial charge in [-0.3, -0.25) is 4.99 Å². The summed E-state index contributed by atoms with van der Waals surface area (Å²) >= 11 is 0. The van der Waals surface area contributed by atoms with Crippen LogP contribution >= 0.6 is 0 Å². The summed E-state index contributed by atoms with van der Waals surface area (Å²) in [5.74, 6) is -0.198. The fraction of sp³-hybridized carbons (Fsp3) is 0.200. The standard InChI is InChI=1S/C30H26N3Si/c31-20-23-17-18-32-21-26(23)22-9-8-10-24(19-22)33-27-13-4-6-15-29(27)34(25-11-2-1-3-12-25)30-16-7-5-14-28(30)33/h1-19,21,23,26-30H. The molecule has 0 spiro atoms. The van der Waals surface area contributed by atoms with E-state index in [-0.39, 0.29) is 11.8 Å². The molecule has 2 aromatic carbocycles. The summed E-state index contributed by atoms with van der Waals surface area (Å²) in [6.45, 7) is 0. The summed E-state index contributed by atoms with van der Waals surface area (Å²) in [6.07, 6.45) is 24.1. The zero-order valence-electron chi connectivity index (χ0n) is 18.9. The number of aliphatic imine (C=N–C) groups is 1. The van der Waals surface area contributed by atoms with Crippen LogP contribution in [0.1, 0.15) is 11.5 Å². The van der Waals surface area contributed by atoms with Crippen LogP contribution in [0.2, 0.25) is 11.1 Å². The van der Waals surface area contributed by atoms with Gasteiger partial charge in [0.15, 0.2) is 0 Å². The molecule has 0 amide bonds. The maximum Gasteiger partial charge on any atom is 0.105 e. The number of anilines is 1. The minimum Gasteiger partial charge on any atom is -0.358 e. The van der Waals surface area contributed by atoms with Crippen molar-refractivity contribution < 1.29 is 0 Å². The van der Waals surface area contributed by atoms with Crippen LogP contribution in [-0.2, 0) is 0 Å². The molecule has 4 aliphatic rings. The third-order valence-corrected chi connectivity index (χ3v) is 10.9. The molecule has 0 saturated carbocycles. The predicted octanol–water partition coefficient (Wildman–Crippen LogP) is 5.46. The first-order valence-corrected chi connectivity index (χ1v) is 13.6. The van der Waals surface area contributed by atoms with E-state index in [0.717, 1.165) is 5.56 Å². The Labute approximate surface area is 203 Å². The fourth-order valence-corrected chi connectivity index (χ4v) is 9.59. The molecule has 6 rings (SSSR count). The summed E-state index contributed by atoms with van der Waals surface area (Å²) in [5.41, 5.74) is 3.32. The van der Waals surface area contributed by atoms with Gasteiger partial charge in [0, 0.05) is 35.1 Å². The Morgan fingerprint density at radius 1 is 0.794 bits per heavy atom. The van der Waals surface area contributed by atoms with Gasteiger partial charge in [0.05, 0.1) is 24.1 Å². The van der Waals surface area contributed by atoms with E-state index >= 15 is 0 Å². The normalized spacial score (nSPS) is 31.2. The second-order valence-electron chi connectivity index (χ2n) is 9.22. The molecule has 6 atom stereocenters. The largest absolute Gasteiger partial charge is 0.358 e. The molecule has 2 aromatic rings. The molecule has 0 N–H and O–H groups in total. The number of allylic oxidation sites excluding steroid dienone is 5. The second-order valence-corrected chi connectivity index (χ2v) is 12.0. The maximum atomic E-state index is 9.68. The number of hydrogen-bond acceptors (Lipinski definition) is 3. The number of nitriles is 1. The van der Waals surface area contributed by atoms with E-state index < -0.39 is 8.80 Å². The zero-order chi connectivity index (χ0) is 22.9. The Balaban J connectivity index is 1.43. The quantitative estimate of drug-likeness (QED) is 0.576. The third-order valence-electron chi connectivity index (χ3n) is 7.39. The van der Waals surface area contributed by atoms with Gasteiger partial charge < -0.3 is 4.90 Å². The van der Waals surface area contributed by atoms with Crippen LogP contribution in [0.15, 0.2) is 120 Å². The van der Waals surface area contributed by atoms with Gasteiger partial charge in [-0.05, 0) is 23.8 Å². The fourth-order valence-electron chi connectivity index (χ4n) is 5.89. The lowest BCUT2D eigenvalue weighted by molar-refractivity contribution is 0.569. The van der Waals surface area contributed by atoms with E-state index in [4.69, 9.17) is 0 Å². The topological polar surface area (TPSA) is 39.4 Å². The van der Waals surface area contributed by atoms with Crippen molar-refractivity contribution in [3.05, 3.63) is 121 Å². The number of fused-ring (bicyclic) bond motifs is 2. The van der Waals surface area contributed by atoms with Crippen LogP contribution in [-0.4, -0.2) is 27.1 Å². The van der Waals surface area contributed by atoms with Gasteiger partial charge >= 0.3 is 0 Å². The molecule has 1 radical (unpaired) electrons. The van der Waals surface area contributed by atoms with E-state index in [9.17, 15) is 5.26 Å². The SMILES string of the molecule is N#CC1C=CN=CC1c1cccc(N2C3C=CC=CC3[Si](c3ccccc3)C3C=CC=CC32)c1. The highest BCUT2D eigenvalue weighted by Gasteiger charge is 2.48. The van der Waals surface area contributed by atoms with Crippen LogP contribution in [0.5, 0.6) is 0 Å². The molecule has 3 nitrogen and oxygen atoms in total. The maximum absolute atomic E-state index is 9.68. The lowest BCUT2D eigenvalue weighted by Crippen LogP contribution is -2.61. The minimum atomic E-state index is -0.895. The molecule has 0 aromatic heterocycles. The highest BCUT2D eigenvalue weighted by molar-refractivity contribution is 6.77. The van der Waals surface area contributed by atoms with Gasteiger partial charge in [0.2, 0.25) is 0 Å². The Bertz CT molecular complexity index is 1240. The lowest BCUT2D eigenvalue weighted by atomic mass is 9.86. The number of hydrogen-bond donors (Lipinski definition) is 0. The zero-order valence-corrected chi connectivity index (χ0v) is 19.9. The average molecular weight is 457 g/mol. The third kappa shape index (κ3) is 3.53. The Morgan fingerprint density at radius 3 is 2.21 bits per heavy atom. The molecule has 6 unspecified atom stereocenters. The first kappa shape index (κ1) is 20.9. The highest BCUT2D eigenvalue weighted by Crippen LogP contribution is 2.46. The molecule has 0 bridgehead atoms. The highest BCUT2D eigenvalue weighted by atomic mass is 28.3. The molecule has 1 fully saturated rings. The van der Waals surface area contributed by atoms with Crippen molar-refractivity contribution in [2.45, 2.75) is 29.1 Å². The lowest BCUT2D eigenvalue weighted by Gasteiger charge is -2.53. The summed E-state index contributed by atoms with van der Waals surface area (Å²) < 4.78 is 0. The molecule has 2 aliphatic carbocycles. The van der Waals surface area contributed by atoms with E-state index in [0.29, 0.717) is 23.2 Å². The average Bonchev–Trinajstić information content (AvgIpc) is 2.92. The smallest absolute Gasteiger partial charge is 0.105 e. The van der Waals surface area contributed by atoms with E-state index in [1.807, 2.05) is 12.3 Å². The second kappa shape index (κ2) is 8.93. The van der Waals surface area contributed by atoms with Gasteiger partial charge in [-0.2, -0.15) is 5.26 Å². The Hall–Kier alpha value is -3.68. The van der Waals surface area contributed by atoms with Crippen molar-refractivity contribution in [3.8, 4) is 6.07 Å². The van der Waals surface area contributed by atoms with Crippen LogP contribution in [0.4, 0.5) is 5.69 Å². The Kier molecular flexibility index (Phi) is 5.48. The molecule has 2 aliphatic heterocycles. The molecular formula is C30H26N3Si. The first-order valence-electron chi connectivity index (χ1n) is 12.0. The van der Waals surface area contributed by atoms with Gasteiger partial charge in [-0.15, -0.1) is 0 Å². The summed E-state index contributed by atoms with van der Waals surface area (Å²) in [7, 11) is -0.895. The van der Waals surface area contributed by atoms with E-state index in [1.54, 1.807) is 6.20 Å². The van der Waals surface area contributed by atoms with Gasteiger partial charge in [0.25, 0.3) is 0 Å². The van der Waals surface area contributed by atoms with Crippen molar-refractivity contribution in [3.63, 3.8) is 0 Å². The van der Waals surface area contributed by atoms with E-state index in [2.05, 4.69) is 119 Å². The van der Waals surface area contributed by atoms with Crippen molar-refractivity contribution in [1.82, 2.24) is 0 Å². The summed E-state index contributed by atoms with van der Waals surface area (Å²) in [6, 6.07) is 23.0. The predicted molar refractivity (Wildman–Crippen MR) is 142 cm³/mol. The van der Waals surface area contributed by atoms with Gasteiger partial charge in [0.1, 0.15) is 8.80 Å². The summed E-state index contributed by atoms with van der Waals surface area (Å²) in [4.78, 5) is 6.96. The summed E-state index contributed by atoms with van der Waals surface area (Å²) in [5, 5.41) is 11.2. The van der Waals surface area contributed by atoms with Gasteiger partial charge in [-0.1, -0.05) is 96.3 Å². The molecule has 4 heteroatoms. The molecule has 1 saturated heterocycles. The van der Waals surface area contributed by atoms with Crippen LogP contribution < -0.4 is 10.1 Å². The first-order chi connectivity index (χ1) is 16.8. The van der Waals surface area contributed by atoms with Crippen LogP contribution in [0.3, 0.4) is 0 Å². The van der Waals surface area contributed by atoms with Crippen molar-refractivity contribution in [1.29, 1.82) is 5.26 Å². The molecule has 34 heavy (non-hydrogen) atoms. The number of benzene rings is 2. The molecule has 2 heterocycles. The monoisotopic (exact) mass is 456 g/mol. The van der Waals surface area contributed by atoms with Crippen molar-refractivity contribution in [2.75, 3.05) is 4.90 Å². The van der Waals surface area contributed by atoms with Crippen LogP contribution in [0.25, 0.3) is 0 Å². The minimum absolute atomic E-state index is 0.0149. The van der Waals surface area contributed by atoms with Crippen molar-refractivity contribution in [2.24, 2.45) is 10.9 Å². The van der Waals surface area contributed by atoms with Crippen molar-refractivity contribution >= 4 is 25.9 Å². The molecule has 165 valence electrons. The number of nitrogens with zero attached hydrogens (tertiary/aromatic N) is 3.